The minimum absolute atomic E-state index is 0.407. The summed E-state index contributed by atoms with van der Waals surface area (Å²) in [5, 5.41) is 5.68. The molecule has 1 unspecified atom stereocenters. The Morgan fingerprint density at radius 3 is 2.32 bits per heavy atom. The molecule has 0 saturated carbocycles. The van der Waals surface area contributed by atoms with E-state index in [9.17, 15) is 0 Å². The summed E-state index contributed by atoms with van der Waals surface area (Å²) in [5.41, 5.74) is 4.20. The van der Waals surface area contributed by atoms with Gasteiger partial charge in [-0.3, -0.25) is 0 Å². The van der Waals surface area contributed by atoms with Crippen LogP contribution in [0.15, 0.2) is 35.7 Å². The first-order chi connectivity index (χ1) is 9.10. The highest BCUT2D eigenvalue weighted by Gasteiger charge is 2.12. The van der Waals surface area contributed by atoms with Crippen molar-refractivity contribution in [2.24, 2.45) is 0 Å². The number of thiophene rings is 1. The highest BCUT2D eigenvalue weighted by atomic mass is 127. The van der Waals surface area contributed by atoms with E-state index in [1.54, 1.807) is 0 Å². The van der Waals surface area contributed by atoms with Crippen molar-refractivity contribution in [1.29, 1.82) is 0 Å². The first-order valence-electron chi connectivity index (χ1n) is 6.60. The lowest BCUT2D eigenvalue weighted by Crippen LogP contribution is -2.18. The second-order valence-electron chi connectivity index (χ2n) is 5.13. The summed E-state index contributed by atoms with van der Waals surface area (Å²) in [6.45, 7) is 4.47. The Morgan fingerprint density at radius 1 is 1.16 bits per heavy atom. The summed E-state index contributed by atoms with van der Waals surface area (Å²) in [7, 11) is 2.04. The van der Waals surface area contributed by atoms with Crippen molar-refractivity contribution in [3.63, 3.8) is 0 Å². The Hall–Kier alpha value is -0.390. The fourth-order valence-electron chi connectivity index (χ4n) is 2.17. The molecule has 1 atom stereocenters. The molecule has 0 saturated heterocycles. The van der Waals surface area contributed by atoms with Crippen LogP contribution < -0.4 is 5.32 Å². The quantitative estimate of drug-likeness (QED) is 0.716. The van der Waals surface area contributed by atoms with Gasteiger partial charge < -0.3 is 5.32 Å². The van der Waals surface area contributed by atoms with Gasteiger partial charge in [0.25, 0.3) is 0 Å². The van der Waals surface area contributed by atoms with Gasteiger partial charge in [-0.1, -0.05) is 38.1 Å². The molecule has 0 aliphatic rings. The van der Waals surface area contributed by atoms with Crippen LogP contribution in [0, 0.1) is 2.88 Å². The first-order valence-corrected chi connectivity index (χ1v) is 8.56. The Labute approximate surface area is 133 Å². The van der Waals surface area contributed by atoms with Crippen molar-refractivity contribution in [3.05, 3.63) is 55.3 Å². The maximum Gasteiger partial charge on any atom is 0.0656 e. The fraction of sp³-hybridized carbons (Fsp3) is 0.375. The molecular formula is C16H20INS. The van der Waals surface area contributed by atoms with Crippen LogP contribution in [-0.4, -0.2) is 7.05 Å². The molecule has 0 bridgehead atoms. The average molecular weight is 385 g/mol. The zero-order valence-corrected chi connectivity index (χ0v) is 14.6. The second kappa shape index (κ2) is 6.86. The van der Waals surface area contributed by atoms with E-state index in [0.717, 1.165) is 6.42 Å². The van der Waals surface area contributed by atoms with Crippen molar-refractivity contribution < 1.29 is 0 Å². The lowest BCUT2D eigenvalue weighted by Gasteiger charge is -2.15. The first kappa shape index (κ1) is 15.0. The standard InChI is InChI=1S/C16H20INS/c1-11(2)13-6-4-12(5-7-13)8-15(18-3)14-9-16(17)19-10-14/h4-7,9-11,15,18H,8H2,1-3H3. The molecule has 3 heteroatoms. The fourth-order valence-corrected chi connectivity index (χ4v) is 3.59. The van der Waals surface area contributed by atoms with E-state index in [-0.39, 0.29) is 0 Å². The van der Waals surface area contributed by atoms with Gasteiger partial charge in [0.1, 0.15) is 0 Å². The summed E-state index contributed by atoms with van der Waals surface area (Å²) in [6, 6.07) is 11.7. The predicted octanol–water partition coefficient (Wildman–Crippen LogP) is 4.98. The van der Waals surface area contributed by atoms with Crippen molar-refractivity contribution >= 4 is 33.9 Å². The van der Waals surface area contributed by atoms with Gasteiger partial charge in [-0.05, 0) is 70.1 Å². The highest BCUT2D eigenvalue weighted by Crippen LogP contribution is 2.25. The van der Waals surface area contributed by atoms with Gasteiger partial charge >= 0.3 is 0 Å². The second-order valence-corrected chi connectivity index (χ2v) is 7.93. The SMILES string of the molecule is CNC(Cc1ccc(C(C)C)cc1)c1csc(I)c1. The summed E-state index contributed by atoms with van der Waals surface area (Å²) < 4.78 is 1.35. The van der Waals surface area contributed by atoms with Crippen molar-refractivity contribution in [1.82, 2.24) is 5.32 Å². The van der Waals surface area contributed by atoms with Gasteiger partial charge in [0.2, 0.25) is 0 Å². The van der Waals surface area contributed by atoms with Gasteiger partial charge in [0.15, 0.2) is 0 Å². The van der Waals surface area contributed by atoms with Crippen LogP contribution in [0.2, 0.25) is 0 Å². The van der Waals surface area contributed by atoms with E-state index in [0.29, 0.717) is 12.0 Å². The number of nitrogens with one attached hydrogen (secondary N) is 1. The van der Waals surface area contributed by atoms with Crippen molar-refractivity contribution in [2.75, 3.05) is 7.05 Å². The lowest BCUT2D eigenvalue weighted by atomic mass is 9.97. The third-order valence-electron chi connectivity index (χ3n) is 3.42. The molecule has 0 fully saturated rings. The van der Waals surface area contributed by atoms with E-state index in [1.165, 1.54) is 19.6 Å². The minimum atomic E-state index is 0.407. The molecule has 1 nitrogen and oxygen atoms in total. The molecular weight excluding hydrogens is 365 g/mol. The van der Waals surface area contributed by atoms with Crippen LogP contribution in [0.1, 0.15) is 42.5 Å². The highest BCUT2D eigenvalue weighted by molar-refractivity contribution is 14.1. The number of hydrogen-bond acceptors (Lipinski definition) is 2. The predicted molar refractivity (Wildman–Crippen MR) is 93.1 cm³/mol. The van der Waals surface area contributed by atoms with Crippen LogP contribution in [0.25, 0.3) is 0 Å². The normalized spacial score (nSPS) is 12.9. The monoisotopic (exact) mass is 385 g/mol. The maximum atomic E-state index is 3.42. The molecule has 1 aromatic carbocycles. The number of halogens is 1. The van der Waals surface area contributed by atoms with Gasteiger partial charge in [-0.2, -0.15) is 0 Å². The molecule has 0 amide bonds. The van der Waals surface area contributed by atoms with Gasteiger partial charge in [-0.15, -0.1) is 11.3 Å². The van der Waals surface area contributed by atoms with Gasteiger partial charge in [0.05, 0.1) is 2.88 Å². The van der Waals surface area contributed by atoms with E-state index < -0.39 is 0 Å². The van der Waals surface area contributed by atoms with Crippen LogP contribution in [0.3, 0.4) is 0 Å². The molecule has 2 rings (SSSR count). The lowest BCUT2D eigenvalue weighted by molar-refractivity contribution is 0.593. The van der Waals surface area contributed by atoms with Crippen LogP contribution in [0.4, 0.5) is 0 Å². The molecule has 0 spiro atoms. The summed E-state index contributed by atoms with van der Waals surface area (Å²) >= 11 is 4.20. The van der Waals surface area contributed by atoms with E-state index in [2.05, 4.69) is 77.5 Å². The van der Waals surface area contributed by atoms with Crippen LogP contribution in [0.5, 0.6) is 0 Å². The molecule has 1 N–H and O–H groups in total. The number of hydrogen-bond donors (Lipinski definition) is 1. The average Bonchev–Trinajstić information content (AvgIpc) is 2.83. The number of benzene rings is 1. The molecule has 0 aliphatic heterocycles. The Morgan fingerprint density at radius 2 is 1.84 bits per heavy atom. The molecule has 1 heterocycles. The van der Waals surface area contributed by atoms with Crippen molar-refractivity contribution in [3.8, 4) is 0 Å². The Kier molecular flexibility index (Phi) is 5.42. The third-order valence-corrected chi connectivity index (χ3v) is 5.23. The van der Waals surface area contributed by atoms with E-state index in [4.69, 9.17) is 0 Å². The third kappa shape index (κ3) is 4.04. The summed E-state index contributed by atoms with van der Waals surface area (Å²) in [6.07, 6.45) is 1.04. The van der Waals surface area contributed by atoms with Gasteiger partial charge in [0, 0.05) is 6.04 Å². The van der Waals surface area contributed by atoms with Crippen LogP contribution in [-0.2, 0) is 6.42 Å². The maximum absolute atomic E-state index is 3.42. The molecule has 0 radical (unpaired) electrons. The summed E-state index contributed by atoms with van der Waals surface area (Å²) in [5.74, 6) is 0.604. The largest absolute Gasteiger partial charge is 0.313 e. The molecule has 1 aromatic heterocycles. The molecule has 2 aromatic rings. The van der Waals surface area contributed by atoms with E-state index >= 15 is 0 Å². The Balaban J connectivity index is 2.10. The topological polar surface area (TPSA) is 12.0 Å². The van der Waals surface area contributed by atoms with Crippen molar-refractivity contribution in [2.45, 2.75) is 32.2 Å². The Bertz CT molecular complexity index is 516. The van der Waals surface area contributed by atoms with Crippen LogP contribution >= 0.6 is 33.9 Å². The smallest absolute Gasteiger partial charge is 0.0656 e. The molecule has 102 valence electrons. The van der Waals surface area contributed by atoms with E-state index in [1.807, 2.05) is 18.4 Å². The summed E-state index contributed by atoms with van der Waals surface area (Å²) in [4.78, 5) is 0. The number of likely N-dealkylation sites (N-methyl/N-ethyl adjacent to an activating group) is 1. The minimum Gasteiger partial charge on any atom is -0.313 e. The van der Waals surface area contributed by atoms with Gasteiger partial charge in [-0.25, -0.2) is 0 Å². The zero-order valence-electron chi connectivity index (χ0n) is 11.6. The zero-order chi connectivity index (χ0) is 13.8. The molecule has 19 heavy (non-hydrogen) atoms. The molecule has 0 aliphatic carbocycles. The number of rotatable bonds is 5.